The minimum atomic E-state index is -6.89. The van der Waals surface area contributed by atoms with Gasteiger partial charge >= 0.3 is 31.1 Å². The first-order chi connectivity index (χ1) is 12.5. The number of halogens is 6. The molecular formula is C14H13F6NO4S3. The van der Waals surface area contributed by atoms with Crippen molar-refractivity contribution in [3.63, 3.8) is 0 Å². The highest BCUT2D eigenvalue weighted by Crippen LogP contribution is 2.60. The highest BCUT2D eigenvalue weighted by molar-refractivity contribution is 8.40. The van der Waals surface area contributed by atoms with E-state index in [4.69, 9.17) is 0 Å². The molecule has 0 amide bonds. The highest BCUT2D eigenvalue weighted by atomic mass is 32.4. The molecule has 0 aliphatic carbocycles. The summed E-state index contributed by atoms with van der Waals surface area (Å²) in [7, 11) is -17.7. The van der Waals surface area contributed by atoms with Gasteiger partial charge in [0.15, 0.2) is 0 Å². The molecule has 2 aromatic carbocycles. The van der Waals surface area contributed by atoms with Gasteiger partial charge in [-0.2, -0.15) is 26.3 Å². The molecule has 5 nitrogen and oxygen atoms in total. The van der Waals surface area contributed by atoms with E-state index in [1.165, 1.54) is 30.3 Å². The van der Waals surface area contributed by atoms with Gasteiger partial charge in [0.25, 0.3) is 0 Å². The van der Waals surface area contributed by atoms with E-state index in [0.717, 1.165) is 18.6 Å². The van der Waals surface area contributed by atoms with Crippen LogP contribution in [-0.2, 0) is 20.0 Å². The van der Waals surface area contributed by atoms with E-state index in [1.807, 2.05) is 0 Å². The van der Waals surface area contributed by atoms with Crippen molar-refractivity contribution < 1.29 is 43.2 Å². The van der Waals surface area contributed by atoms with Crippen LogP contribution in [-0.4, -0.2) is 43.5 Å². The fourth-order valence-corrected chi connectivity index (χ4v) is 10.6. The Morgan fingerprint density at radius 1 is 0.714 bits per heavy atom. The van der Waals surface area contributed by atoms with Crippen LogP contribution in [0, 0.1) is 0 Å². The first-order valence-corrected chi connectivity index (χ1v) is 12.4. The van der Waals surface area contributed by atoms with Crippen LogP contribution >= 0.6 is 10.2 Å². The van der Waals surface area contributed by atoms with E-state index < -0.39 is 44.4 Å². The maximum absolute atomic E-state index is 13.1. The normalized spacial score (nSPS) is 15.2. The van der Waals surface area contributed by atoms with E-state index in [1.54, 1.807) is 6.07 Å². The molecule has 0 saturated heterocycles. The van der Waals surface area contributed by atoms with Crippen molar-refractivity contribution in [3.05, 3.63) is 42.5 Å². The molecule has 0 N–H and O–H groups in total. The zero-order valence-electron chi connectivity index (χ0n) is 14.1. The zero-order valence-corrected chi connectivity index (χ0v) is 16.6. The minimum absolute atomic E-state index is 0.129. The van der Waals surface area contributed by atoms with Crippen LogP contribution < -0.4 is 0 Å². The molecule has 0 saturated carbocycles. The molecule has 0 aliphatic heterocycles. The second kappa shape index (κ2) is 6.78. The summed E-state index contributed by atoms with van der Waals surface area (Å²) >= 11 is 0. The van der Waals surface area contributed by atoms with Crippen LogP contribution in [0.4, 0.5) is 26.3 Å². The molecule has 0 heterocycles. The van der Waals surface area contributed by atoms with Crippen molar-refractivity contribution in [1.29, 1.82) is 0 Å². The number of nitrogens with zero attached hydrogens (tertiary/aromatic N) is 1. The van der Waals surface area contributed by atoms with Gasteiger partial charge in [-0.1, -0.05) is 36.4 Å². The van der Waals surface area contributed by atoms with Gasteiger partial charge in [-0.05, 0) is 32.5 Å². The largest absolute Gasteiger partial charge is 0.513 e. The highest BCUT2D eigenvalue weighted by Gasteiger charge is 2.65. The van der Waals surface area contributed by atoms with E-state index in [2.05, 4.69) is 0 Å². The molecule has 14 heteroatoms. The van der Waals surface area contributed by atoms with Gasteiger partial charge in [0.2, 0.25) is 0 Å². The molecule has 0 aromatic heterocycles. The van der Waals surface area contributed by atoms with Crippen LogP contribution in [0.15, 0.2) is 47.4 Å². The number of rotatable bonds is 4. The fourth-order valence-electron chi connectivity index (χ4n) is 2.50. The van der Waals surface area contributed by atoms with Gasteiger partial charge in [-0.25, -0.2) is 16.8 Å². The summed E-state index contributed by atoms with van der Waals surface area (Å²) < 4.78 is 125. The summed E-state index contributed by atoms with van der Waals surface area (Å²) in [6.45, 7) is 0. The molecule has 28 heavy (non-hydrogen) atoms. The molecule has 0 aliphatic rings. The van der Waals surface area contributed by atoms with Gasteiger partial charge in [0, 0.05) is 4.90 Å². The third-order valence-corrected chi connectivity index (χ3v) is 12.4. The van der Waals surface area contributed by atoms with Crippen molar-refractivity contribution in [2.75, 3.05) is 12.5 Å². The quantitative estimate of drug-likeness (QED) is 0.630. The van der Waals surface area contributed by atoms with E-state index in [0.29, 0.717) is 5.39 Å². The molecule has 0 atom stereocenters. The maximum atomic E-state index is 13.1. The second-order valence-corrected chi connectivity index (χ2v) is 13.4. The van der Waals surface area contributed by atoms with Gasteiger partial charge in [0.05, 0.1) is 0 Å². The number of hydrogen-bond acceptors (Lipinski definition) is 4. The Morgan fingerprint density at radius 3 is 1.61 bits per heavy atom. The molecule has 2 rings (SSSR count). The van der Waals surface area contributed by atoms with E-state index in [-0.39, 0.29) is 10.3 Å². The summed E-state index contributed by atoms with van der Waals surface area (Å²) in [6.07, 6.45) is 1.47. The lowest BCUT2D eigenvalue weighted by Gasteiger charge is -2.41. The third-order valence-electron chi connectivity index (χ3n) is 3.64. The lowest BCUT2D eigenvalue weighted by molar-refractivity contribution is -0.0505. The summed E-state index contributed by atoms with van der Waals surface area (Å²) in [6, 6.07) is 9.70. The summed E-state index contributed by atoms with van der Waals surface area (Å²) in [4.78, 5) is -0.272. The van der Waals surface area contributed by atoms with Gasteiger partial charge in [0.1, 0.15) is 0 Å². The summed E-state index contributed by atoms with van der Waals surface area (Å²) in [5.41, 5.74) is -12.5. The molecule has 158 valence electrons. The minimum Gasteiger partial charge on any atom is -0.201 e. The SMILES string of the molecule is CS(C)(c1cccc2ccccc12)N(S(=O)(=O)C(F)(F)F)S(=O)(=O)C(F)(F)F. The Hall–Kier alpha value is -1.51. The number of fused-ring (bicyclic) bond motifs is 1. The van der Waals surface area contributed by atoms with Crippen LogP contribution in [0.5, 0.6) is 0 Å². The van der Waals surface area contributed by atoms with Crippen LogP contribution in [0.1, 0.15) is 0 Å². The zero-order chi connectivity index (χ0) is 21.8. The Kier molecular flexibility index (Phi) is 5.51. The number of hydrogen-bond donors (Lipinski definition) is 0. The molecule has 0 fully saturated rings. The van der Waals surface area contributed by atoms with Crippen molar-refractivity contribution >= 4 is 41.0 Å². The Bertz CT molecular complexity index is 1060. The van der Waals surface area contributed by atoms with Crippen molar-refractivity contribution in [3.8, 4) is 0 Å². The van der Waals surface area contributed by atoms with Crippen molar-refractivity contribution in [2.24, 2.45) is 0 Å². The molecule has 2 aromatic rings. The standard InChI is InChI=1S/C14H13F6NO4S3/c1-26(2,12-9-5-7-10-6-3-4-8-11(10)12)21(27(22,23)13(15,16)17)28(24,25)14(18,19)20/h3-9H,1-2H3. The summed E-state index contributed by atoms with van der Waals surface area (Å²) in [5, 5.41) is 0.513. The average Bonchev–Trinajstić information content (AvgIpc) is 2.51. The predicted molar refractivity (Wildman–Crippen MR) is 93.4 cm³/mol. The smallest absolute Gasteiger partial charge is 0.201 e. The fraction of sp³-hybridized carbons (Fsp3) is 0.286. The Morgan fingerprint density at radius 2 is 1.14 bits per heavy atom. The third kappa shape index (κ3) is 3.57. The van der Waals surface area contributed by atoms with Gasteiger partial charge < -0.3 is 0 Å². The van der Waals surface area contributed by atoms with Gasteiger partial charge in [-0.3, -0.25) is 0 Å². The van der Waals surface area contributed by atoms with Crippen LogP contribution in [0.25, 0.3) is 10.8 Å². The van der Waals surface area contributed by atoms with E-state index >= 15 is 0 Å². The van der Waals surface area contributed by atoms with Crippen molar-refractivity contribution in [1.82, 2.24) is 3.12 Å². The molecule has 0 unspecified atom stereocenters. The lowest BCUT2D eigenvalue weighted by atomic mass is 10.1. The Labute approximate surface area is 158 Å². The average molecular weight is 469 g/mol. The number of benzene rings is 2. The van der Waals surface area contributed by atoms with Crippen LogP contribution in [0.3, 0.4) is 0 Å². The van der Waals surface area contributed by atoms with Gasteiger partial charge in [-0.15, -0.1) is 10.2 Å². The molecular weight excluding hydrogens is 456 g/mol. The summed E-state index contributed by atoms with van der Waals surface area (Å²) in [5.74, 6) is 0. The Balaban J connectivity index is 2.94. The first-order valence-electron chi connectivity index (χ1n) is 7.10. The molecule has 0 spiro atoms. The van der Waals surface area contributed by atoms with Crippen molar-refractivity contribution in [2.45, 2.75) is 15.9 Å². The van der Waals surface area contributed by atoms with E-state index in [9.17, 15) is 43.2 Å². The molecule has 0 bridgehead atoms. The second-order valence-electron chi connectivity index (χ2n) is 5.82. The number of alkyl halides is 6. The molecule has 0 radical (unpaired) electrons. The maximum Gasteiger partial charge on any atom is 0.513 e. The first kappa shape index (κ1) is 22.8. The lowest BCUT2D eigenvalue weighted by Crippen LogP contribution is -2.49. The predicted octanol–water partition coefficient (Wildman–Crippen LogP) is 4.18. The number of sulfonamides is 2. The van der Waals surface area contributed by atoms with Crippen LogP contribution in [0.2, 0.25) is 0 Å². The monoisotopic (exact) mass is 469 g/mol. The topological polar surface area (TPSA) is 71.5 Å².